The van der Waals surface area contributed by atoms with Crippen molar-refractivity contribution in [1.29, 1.82) is 0 Å². The fourth-order valence-corrected chi connectivity index (χ4v) is 8.78. The first-order valence-electron chi connectivity index (χ1n) is 21.8. The van der Waals surface area contributed by atoms with Crippen LogP contribution in [-0.4, -0.2) is 104 Å². The van der Waals surface area contributed by atoms with E-state index < -0.39 is 51.2 Å². The number of hydroxylamine groups is 2. The Morgan fingerprint density at radius 3 is 2.06 bits per heavy atom. The second kappa shape index (κ2) is 24.2. The van der Waals surface area contributed by atoms with Gasteiger partial charge in [0.1, 0.15) is 9.84 Å². The number of fused-ring (bicyclic) bond motifs is 3. The normalized spacial score (nSPS) is 14.9. The minimum atomic E-state index is -3.58. The largest absolute Gasteiger partial charge is 0.361 e. The van der Waals surface area contributed by atoms with Crippen LogP contribution in [0, 0.1) is 18.1 Å². The summed E-state index contributed by atoms with van der Waals surface area (Å²) in [5.74, 6) is -4.18. The molecule has 2 atom stereocenters. The third-order valence-electron chi connectivity index (χ3n) is 10.9. The van der Waals surface area contributed by atoms with Gasteiger partial charge in [0.2, 0.25) is 5.91 Å². The molecule has 0 aliphatic carbocycles. The molecule has 17 nitrogen and oxygen atoms in total. The number of benzene rings is 3. The van der Waals surface area contributed by atoms with Crippen molar-refractivity contribution in [2.24, 2.45) is 5.92 Å². The monoisotopic (exact) mass is 1120 g/mol. The van der Waals surface area contributed by atoms with E-state index in [1.165, 1.54) is 0 Å². The quantitative estimate of drug-likeness (QED) is 0.0574. The molecule has 1 radical (unpaired) electrons. The number of amides is 3. The van der Waals surface area contributed by atoms with Gasteiger partial charge in [0.25, 0.3) is 11.8 Å². The molecule has 1 N–H and O–H groups in total. The van der Waals surface area contributed by atoms with E-state index in [9.17, 15) is 32.4 Å². The Labute approximate surface area is 407 Å². The van der Waals surface area contributed by atoms with E-state index in [0.29, 0.717) is 30.9 Å². The molecule has 68 heavy (non-hydrogen) atoms. The molecule has 0 bridgehead atoms. The number of hydrogen-bond acceptors (Lipinski definition) is 13. The minimum Gasteiger partial charge on any atom is -0.361 e. The SMILES string of the molecule is CS(=O)(=O)CC(CC(=O)C1CCCN1c1ccnc2c1ccc1cccnc12)C(=O)NCCCCC(=O)ON1C(=O)CCC1=O.[Ir].[c-]1ccccc1-n1cccn1.[c-]1ccccc1-n1cccn1. The maximum Gasteiger partial charge on any atom is 0.333 e. The number of nitrogens with one attached hydrogen (secondary N) is 1. The maximum atomic E-state index is 13.7. The van der Waals surface area contributed by atoms with Gasteiger partial charge in [0.15, 0.2) is 5.78 Å². The number of unbranched alkanes of at least 4 members (excludes halogenated alkanes) is 1. The molecular formula is C49H49IrN9O8S-2. The van der Waals surface area contributed by atoms with Crippen LogP contribution in [0.3, 0.4) is 0 Å². The Bertz CT molecular complexity index is 2820. The molecule has 2 fully saturated rings. The zero-order valence-electron chi connectivity index (χ0n) is 37.1. The molecule has 6 heterocycles. The van der Waals surface area contributed by atoms with E-state index in [-0.39, 0.29) is 58.1 Å². The van der Waals surface area contributed by atoms with Gasteiger partial charge in [0.05, 0.1) is 28.7 Å². The number of sulfone groups is 1. The average Bonchev–Trinajstić information content (AvgIpc) is 4.20. The smallest absolute Gasteiger partial charge is 0.333 e. The molecule has 7 aromatic rings. The van der Waals surface area contributed by atoms with Crippen molar-refractivity contribution in [2.45, 2.75) is 57.4 Å². The number of anilines is 1. The Morgan fingerprint density at radius 1 is 0.794 bits per heavy atom. The van der Waals surface area contributed by atoms with Crippen molar-refractivity contribution in [2.75, 3.05) is 30.0 Å². The topological polar surface area (TPSA) is 209 Å². The molecule has 4 aromatic heterocycles. The molecular weight excluding hydrogens is 1070 g/mol. The van der Waals surface area contributed by atoms with Gasteiger partial charge in [-0.05, 0) is 67.4 Å². The number of aromatic nitrogens is 6. The van der Waals surface area contributed by atoms with E-state index >= 15 is 0 Å². The van der Waals surface area contributed by atoms with Crippen LogP contribution in [0.25, 0.3) is 33.2 Å². The van der Waals surface area contributed by atoms with Gasteiger partial charge < -0.3 is 15.1 Å². The van der Waals surface area contributed by atoms with Crippen LogP contribution in [-0.2, 0) is 58.8 Å². The minimum absolute atomic E-state index is 0. The Morgan fingerprint density at radius 2 is 1.46 bits per heavy atom. The number of hydrogen-bond donors (Lipinski definition) is 1. The van der Waals surface area contributed by atoms with E-state index in [2.05, 4.69) is 37.6 Å². The van der Waals surface area contributed by atoms with Crippen LogP contribution < -0.4 is 10.2 Å². The number of carbonyl (C=O) groups is 5. The zero-order chi connectivity index (χ0) is 47.2. The fraction of sp³-hybridized carbons (Fsp3) is 0.286. The number of nitrogens with zero attached hydrogens (tertiary/aromatic N) is 8. The summed E-state index contributed by atoms with van der Waals surface area (Å²) < 4.78 is 28.0. The summed E-state index contributed by atoms with van der Waals surface area (Å²) in [6.07, 6.45) is 13.4. The molecule has 3 amide bonds. The Hall–Kier alpha value is -6.95. The van der Waals surface area contributed by atoms with Gasteiger partial charge in [-0.25, -0.2) is 13.2 Å². The first-order valence-corrected chi connectivity index (χ1v) is 23.9. The molecule has 3 aromatic carbocycles. The van der Waals surface area contributed by atoms with Gasteiger partial charge in [-0.3, -0.25) is 38.5 Å². The Kier molecular flexibility index (Phi) is 17.9. The summed E-state index contributed by atoms with van der Waals surface area (Å²) in [5, 5.41) is 13.1. The van der Waals surface area contributed by atoms with Crippen molar-refractivity contribution in [3.05, 3.63) is 140 Å². The second-order valence-electron chi connectivity index (χ2n) is 15.9. The van der Waals surface area contributed by atoms with Gasteiger partial charge in [-0.2, -0.15) is 58.7 Å². The number of pyridine rings is 2. The van der Waals surface area contributed by atoms with E-state index in [0.717, 1.165) is 51.5 Å². The van der Waals surface area contributed by atoms with Crippen molar-refractivity contribution < 1.29 is 57.3 Å². The van der Waals surface area contributed by atoms with Crippen molar-refractivity contribution in [1.82, 2.24) is 39.9 Å². The number of Topliss-reactive ketones (excluding diaryl/α,β-unsaturated/α-hetero) is 1. The van der Waals surface area contributed by atoms with Crippen LogP contribution >= 0.6 is 0 Å². The number of para-hydroxylation sites is 2. The molecule has 19 heteroatoms. The fourth-order valence-electron chi connectivity index (χ4n) is 7.78. The van der Waals surface area contributed by atoms with E-state index in [4.69, 9.17) is 4.84 Å². The maximum absolute atomic E-state index is 13.7. The number of imide groups is 1. The molecule has 2 aliphatic rings. The number of rotatable bonds is 15. The van der Waals surface area contributed by atoms with Crippen molar-refractivity contribution in [3.8, 4) is 11.4 Å². The molecule has 2 aliphatic heterocycles. The van der Waals surface area contributed by atoms with Gasteiger partial charge in [-0.1, -0.05) is 12.1 Å². The predicted octanol–water partition coefficient (Wildman–Crippen LogP) is 5.61. The molecule has 9 rings (SSSR count). The summed E-state index contributed by atoms with van der Waals surface area (Å²) in [5.41, 5.74) is 4.27. The van der Waals surface area contributed by atoms with Crippen molar-refractivity contribution >= 4 is 66.8 Å². The number of carbonyl (C=O) groups excluding carboxylic acids is 5. The predicted molar refractivity (Wildman–Crippen MR) is 249 cm³/mol. The van der Waals surface area contributed by atoms with Gasteiger partial charge >= 0.3 is 5.97 Å². The molecule has 0 spiro atoms. The summed E-state index contributed by atoms with van der Waals surface area (Å²) >= 11 is 0. The third kappa shape index (κ3) is 13.6. The molecule has 2 saturated heterocycles. The summed E-state index contributed by atoms with van der Waals surface area (Å²) in [6, 6.07) is 34.5. The van der Waals surface area contributed by atoms with Gasteiger partial charge in [-0.15, -0.1) is 17.2 Å². The van der Waals surface area contributed by atoms with E-state index in [1.54, 1.807) is 34.2 Å². The summed E-state index contributed by atoms with van der Waals surface area (Å²) in [7, 11) is -3.58. The second-order valence-corrected chi connectivity index (χ2v) is 18.1. The first-order chi connectivity index (χ1) is 32.4. The molecule has 355 valence electrons. The number of ketones is 1. The molecule has 2 unspecified atom stereocenters. The summed E-state index contributed by atoms with van der Waals surface area (Å²) in [4.78, 5) is 77.8. The first kappa shape index (κ1) is 50.5. The summed E-state index contributed by atoms with van der Waals surface area (Å²) in [6.45, 7) is 0.768. The van der Waals surface area contributed by atoms with E-state index in [1.807, 2.05) is 108 Å². The standard InChI is InChI=1S/C31H35N5O8S.2C9H7N2.Ir/c1-45(42,43)19-21(31(41)34-14-3-2-8-28(40)44-36-26(38)11-12-27(36)39)18-25(37)24-7-5-17-35(24)23-13-16-33-30-22(23)10-9-20-6-4-15-32-29(20)30;2*1-2-5-9(6-3-1)11-8-4-7-10-11;/h4,6,9-10,13,15-16,21,24H,2-3,5,7-8,11-12,14,17-19H2,1H3,(H,34,41);2*1-5,7-8H;/q;2*-1;. The van der Waals surface area contributed by atoms with Crippen LogP contribution in [0.5, 0.6) is 0 Å². The van der Waals surface area contributed by atoms with Crippen LogP contribution in [0.2, 0.25) is 0 Å². The molecule has 0 saturated carbocycles. The van der Waals surface area contributed by atoms with Crippen LogP contribution in [0.1, 0.15) is 51.4 Å². The zero-order valence-corrected chi connectivity index (χ0v) is 40.4. The van der Waals surface area contributed by atoms with Crippen LogP contribution in [0.4, 0.5) is 5.69 Å². The third-order valence-corrected chi connectivity index (χ3v) is 11.9. The Balaban J connectivity index is 0.000000266. The van der Waals surface area contributed by atoms with Crippen molar-refractivity contribution in [3.63, 3.8) is 0 Å². The average molecular weight is 1120 g/mol. The van der Waals surface area contributed by atoms with Crippen LogP contribution in [0.15, 0.2) is 128 Å². The van der Waals surface area contributed by atoms with Gasteiger partial charge in [0, 0.05) is 119 Å².